The smallest absolute Gasteiger partial charge is 0.0954 e. The van der Waals surface area contributed by atoms with Crippen molar-refractivity contribution >= 4 is 5.69 Å². The van der Waals surface area contributed by atoms with Crippen molar-refractivity contribution in [2.75, 3.05) is 5.73 Å². The van der Waals surface area contributed by atoms with E-state index in [2.05, 4.69) is 32.8 Å². The molecule has 3 aromatic rings. The second-order valence-corrected chi connectivity index (χ2v) is 5.00. The number of nitrogens with zero attached hydrogens (tertiary/aromatic N) is 5. The predicted molar refractivity (Wildman–Crippen MR) is 81.6 cm³/mol. The van der Waals surface area contributed by atoms with Gasteiger partial charge < -0.3 is 10.3 Å². The third-order valence-electron chi connectivity index (χ3n) is 3.51. The van der Waals surface area contributed by atoms with Gasteiger partial charge in [0.1, 0.15) is 0 Å². The lowest BCUT2D eigenvalue weighted by molar-refractivity contribution is 0.746. The fourth-order valence-electron chi connectivity index (χ4n) is 2.49. The lowest BCUT2D eigenvalue weighted by Gasteiger charge is -2.09. The Balaban J connectivity index is 1.98. The monoisotopic (exact) mass is 282 g/mol. The number of imidazole rings is 1. The van der Waals surface area contributed by atoms with Crippen molar-refractivity contribution < 1.29 is 0 Å². The van der Waals surface area contributed by atoms with Crippen LogP contribution in [-0.2, 0) is 20.0 Å². The number of pyridine rings is 1. The number of hydrogen-bond acceptors (Lipinski definition) is 4. The van der Waals surface area contributed by atoms with E-state index >= 15 is 0 Å². The molecule has 6 nitrogen and oxygen atoms in total. The van der Waals surface area contributed by atoms with Gasteiger partial charge in [-0.05, 0) is 12.5 Å². The molecule has 0 aromatic carbocycles. The maximum atomic E-state index is 6.04. The molecule has 0 saturated carbocycles. The van der Waals surface area contributed by atoms with E-state index in [1.165, 1.54) is 5.56 Å². The van der Waals surface area contributed by atoms with Gasteiger partial charge >= 0.3 is 0 Å². The zero-order chi connectivity index (χ0) is 14.8. The first-order chi connectivity index (χ1) is 10.2. The first-order valence-electron chi connectivity index (χ1n) is 6.90. The number of rotatable bonds is 4. The maximum Gasteiger partial charge on any atom is 0.0954 e. The molecule has 0 fully saturated rings. The molecule has 0 radical (unpaired) electrons. The van der Waals surface area contributed by atoms with Gasteiger partial charge in [0.15, 0.2) is 0 Å². The molecule has 108 valence electrons. The number of nitrogens with two attached hydrogens (primary N) is 1. The molecule has 2 N–H and O–H groups in total. The van der Waals surface area contributed by atoms with Crippen molar-refractivity contribution in [2.45, 2.75) is 19.9 Å². The largest absolute Gasteiger partial charge is 0.398 e. The molecule has 0 unspecified atom stereocenters. The summed E-state index contributed by atoms with van der Waals surface area (Å²) in [5.41, 5.74) is 10.9. The van der Waals surface area contributed by atoms with E-state index in [4.69, 9.17) is 5.73 Å². The first kappa shape index (κ1) is 13.4. The van der Waals surface area contributed by atoms with Crippen molar-refractivity contribution in [1.29, 1.82) is 0 Å². The van der Waals surface area contributed by atoms with Crippen LogP contribution in [0.4, 0.5) is 5.69 Å². The van der Waals surface area contributed by atoms with Gasteiger partial charge in [-0.25, -0.2) is 4.98 Å². The lowest BCUT2D eigenvalue weighted by atomic mass is 10.1. The Bertz CT molecular complexity index is 755. The molecule has 3 heterocycles. The summed E-state index contributed by atoms with van der Waals surface area (Å²) in [4.78, 5) is 8.40. The summed E-state index contributed by atoms with van der Waals surface area (Å²) in [7, 11) is 1.94. The number of hydrogen-bond donors (Lipinski definition) is 1. The van der Waals surface area contributed by atoms with E-state index < -0.39 is 0 Å². The predicted octanol–water partition coefficient (Wildman–Crippen LogP) is 1.87. The summed E-state index contributed by atoms with van der Waals surface area (Å²) in [6.07, 6.45) is 10.1. The van der Waals surface area contributed by atoms with E-state index in [-0.39, 0.29) is 0 Å². The topological polar surface area (TPSA) is 74.5 Å². The maximum absolute atomic E-state index is 6.04. The van der Waals surface area contributed by atoms with E-state index in [1.807, 2.05) is 24.3 Å². The molecule has 0 amide bonds. The van der Waals surface area contributed by atoms with Crippen LogP contribution in [0.2, 0.25) is 0 Å². The number of aryl methyl sites for hydroxylation is 2. The highest BCUT2D eigenvalue weighted by Gasteiger charge is 2.12. The second kappa shape index (κ2) is 5.40. The van der Waals surface area contributed by atoms with Crippen molar-refractivity contribution in [1.82, 2.24) is 24.3 Å². The highest BCUT2D eigenvalue weighted by molar-refractivity contribution is 5.72. The third-order valence-corrected chi connectivity index (χ3v) is 3.51. The Morgan fingerprint density at radius 1 is 1.24 bits per heavy atom. The molecule has 0 atom stereocenters. The molecule has 0 saturated heterocycles. The van der Waals surface area contributed by atoms with Crippen LogP contribution in [-0.4, -0.2) is 24.3 Å². The lowest BCUT2D eigenvalue weighted by Crippen LogP contribution is -2.03. The minimum Gasteiger partial charge on any atom is -0.398 e. The van der Waals surface area contributed by atoms with Gasteiger partial charge in [0.25, 0.3) is 0 Å². The first-order valence-corrected chi connectivity index (χ1v) is 6.90. The molecule has 3 aromatic heterocycles. The van der Waals surface area contributed by atoms with Crippen LogP contribution in [0.25, 0.3) is 11.3 Å². The van der Waals surface area contributed by atoms with E-state index in [1.54, 1.807) is 18.5 Å². The van der Waals surface area contributed by atoms with Gasteiger partial charge in [-0.15, -0.1) is 0 Å². The van der Waals surface area contributed by atoms with Gasteiger partial charge in [0, 0.05) is 42.5 Å². The normalized spacial score (nSPS) is 11.0. The van der Waals surface area contributed by atoms with Crippen molar-refractivity contribution in [2.24, 2.45) is 7.05 Å². The average Bonchev–Trinajstić information content (AvgIpc) is 3.06. The standard InChI is InChI=1S/C15H18N6/c1-3-14-11(8-20(2)19-14)9-21-10-18-7-15(21)12-6-17-5-4-13(12)16/h4-8,10H,3,9H2,1-2H3,(H2,16,17). The van der Waals surface area contributed by atoms with Crippen LogP contribution in [0.1, 0.15) is 18.2 Å². The fraction of sp³-hybridized carbons (Fsp3) is 0.267. The number of nitrogen functional groups attached to an aromatic ring is 1. The van der Waals surface area contributed by atoms with E-state index in [0.29, 0.717) is 5.69 Å². The van der Waals surface area contributed by atoms with Crippen molar-refractivity contribution in [3.63, 3.8) is 0 Å². The highest BCUT2D eigenvalue weighted by Crippen LogP contribution is 2.25. The Kier molecular flexibility index (Phi) is 3.43. The highest BCUT2D eigenvalue weighted by atomic mass is 15.3. The Morgan fingerprint density at radius 2 is 2.10 bits per heavy atom. The van der Waals surface area contributed by atoms with Gasteiger partial charge in [-0.1, -0.05) is 6.92 Å². The summed E-state index contributed by atoms with van der Waals surface area (Å²) in [5.74, 6) is 0. The van der Waals surface area contributed by atoms with Gasteiger partial charge in [0.2, 0.25) is 0 Å². The van der Waals surface area contributed by atoms with Crippen LogP contribution in [0.3, 0.4) is 0 Å². The summed E-state index contributed by atoms with van der Waals surface area (Å²) in [6, 6.07) is 1.80. The Hall–Kier alpha value is -2.63. The van der Waals surface area contributed by atoms with Crippen LogP contribution < -0.4 is 5.73 Å². The molecule has 3 rings (SSSR count). The van der Waals surface area contributed by atoms with Gasteiger partial charge in [-0.2, -0.15) is 5.10 Å². The molecule has 0 bridgehead atoms. The van der Waals surface area contributed by atoms with Crippen LogP contribution in [0.15, 0.2) is 37.2 Å². The van der Waals surface area contributed by atoms with Gasteiger partial charge in [0.05, 0.1) is 30.5 Å². The van der Waals surface area contributed by atoms with Crippen LogP contribution in [0.5, 0.6) is 0 Å². The number of aromatic nitrogens is 5. The Morgan fingerprint density at radius 3 is 2.86 bits per heavy atom. The Labute approximate surface area is 123 Å². The molecule has 0 aliphatic rings. The average molecular weight is 282 g/mol. The third kappa shape index (κ3) is 2.52. The molecular formula is C15H18N6. The van der Waals surface area contributed by atoms with E-state index in [9.17, 15) is 0 Å². The minimum absolute atomic E-state index is 0.702. The molecule has 6 heteroatoms. The molecular weight excluding hydrogens is 264 g/mol. The van der Waals surface area contributed by atoms with Crippen molar-refractivity contribution in [3.8, 4) is 11.3 Å². The molecule has 0 aliphatic carbocycles. The summed E-state index contributed by atoms with van der Waals surface area (Å²) in [6.45, 7) is 2.83. The fourth-order valence-corrected chi connectivity index (χ4v) is 2.49. The summed E-state index contributed by atoms with van der Waals surface area (Å²) in [5, 5.41) is 4.48. The quantitative estimate of drug-likeness (QED) is 0.792. The van der Waals surface area contributed by atoms with E-state index in [0.717, 1.165) is 29.9 Å². The summed E-state index contributed by atoms with van der Waals surface area (Å²) >= 11 is 0. The SMILES string of the molecule is CCc1nn(C)cc1Cn1cncc1-c1cnccc1N. The van der Waals surface area contributed by atoms with Gasteiger partial charge in [-0.3, -0.25) is 9.67 Å². The second-order valence-electron chi connectivity index (χ2n) is 5.00. The number of anilines is 1. The summed E-state index contributed by atoms with van der Waals surface area (Å²) < 4.78 is 3.92. The molecule has 21 heavy (non-hydrogen) atoms. The van der Waals surface area contributed by atoms with Crippen LogP contribution in [0, 0.1) is 0 Å². The van der Waals surface area contributed by atoms with Crippen molar-refractivity contribution in [3.05, 3.63) is 48.4 Å². The molecule has 0 aliphatic heterocycles. The zero-order valence-corrected chi connectivity index (χ0v) is 12.2. The minimum atomic E-state index is 0.702. The van der Waals surface area contributed by atoms with Crippen LogP contribution >= 0.6 is 0 Å². The zero-order valence-electron chi connectivity index (χ0n) is 12.2. The molecule has 0 spiro atoms.